The highest BCUT2D eigenvalue weighted by molar-refractivity contribution is 6.01. The number of aromatic nitrogens is 3. The molecule has 1 aromatic carbocycles. The van der Waals surface area contributed by atoms with Crippen LogP contribution < -0.4 is 21.1 Å². The monoisotopic (exact) mass is 531 g/mol. The molecule has 200 valence electrons. The first-order chi connectivity index (χ1) is 18.5. The van der Waals surface area contributed by atoms with Crippen LogP contribution in [0, 0.1) is 11.3 Å². The fourth-order valence-electron chi connectivity index (χ4n) is 3.79. The average molecular weight is 532 g/mol. The summed E-state index contributed by atoms with van der Waals surface area (Å²) in [6.45, 7) is 2.20. The zero-order valence-corrected chi connectivity index (χ0v) is 21.4. The Kier molecular flexibility index (Phi) is 7.46. The maximum absolute atomic E-state index is 14.3. The predicted molar refractivity (Wildman–Crippen MR) is 141 cm³/mol. The molecule has 0 saturated heterocycles. The van der Waals surface area contributed by atoms with Gasteiger partial charge in [0.1, 0.15) is 18.0 Å². The second-order valence-corrected chi connectivity index (χ2v) is 9.26. The molecule has 5 N–H and O–H groups in total. The molecule has 0 bridgehead atoms. The molecule has 4 aromatic rings. The van der Waals surface area contributed by atoms with Crippen LogP contribution in [0.3, 0.4) is 0 Å². The smallest absolute Gasteiger partial charge is 0.255 e. The number of rotatable bonds is 9. The molecule has 0 aliphatic rings. The highest BCUT2D eigenvalue weighted by atomic mass is 19.1. The van der Waals surface area contributed by atoms with Crippen molar-refractivity contribution >= 4 is 28.7 Å². The van der Waals surface area contributed by atoms with Crippen LogP contribution in [0.2, 0.25) is 0 Å². The molecular formula is C27H26FN7O4. The van der Waals surface area contributed by atoms with Gasteiger partial charge in [-0.15, -0.1) is 0 Å². The number of ether oxygens (including phenoxy) is 1. The maximum atomic E-state index is 14.3. The van der Waals surface area contributed by atoms with Crippen LogP contribution in [0.15, 0.2) is 54.9 Å². The summed E-state index contributed by atoms with van der Waals surface area (Å²) in [5, 5.41) is 29.0. The number of anilines is 2. The molecular weight excluding hydrogens is 505 g/mol. The minimum Gasteiger partial charge on any atom is -0.496 e. The van der Waals surface area contributed by atoms with Crippen molar-refractivity contribution in [1.29, 1.82) is 5.26 Å². The lowest BCUT2D eigenvalue weighted by Crippen LogP contribution is -2.42. The number of hydrogen-bond acceptors (Lipinski definition) is 8. The van der Waals surface area contributed by atoms with E-state index < -0.39 is 30.1 Å². The van der Waals surface area contributed by atoms with Crippen molar-refractivity contribution in [2.24, 2.45) is 5.73 Å². The number of primary amides is 1. The first kappa shape index (κ1) is 27.0. The largest absolute Gasteiger partial charge is 0.496 e. The Labute approximate surface area is 223 Å². The fourth-order valence-corrected chi connectivity index (χ4v) is 3.79. The van der Waals surface area contributed by atoms with Crippen LogP contribution in [-0.4, -0.2) is 56.9 Å². The Morgan fingerprint density at radius 1 is 1.21 bits per heavy atom. The van der Waals surface area contributed by atoms with E-state index in [2.05, 4.69) is 20.7 Å². The Morgan fingerprint density at radius 2 is 1.97 bits per heavy atom. The van der Waals surface area contributed by atoms with E-state index in [1.165, 1.54) is 39.4 Å². The quantitative estimate of drug-likeness (QED) is 0.256. The number of fused-ring (bicyclic) bond motifs is 1. The van der Waals surface area contributed by atoms with Gasteiger partial charge in [-0.05, 0) is 50.2 Å². The number of pyridine rings is 1. The van der Waals surface area contributed by atoms with Gasteiger partial charge in [-0.2, -0.15) is 10.4 Å². The van der Waals surface area contributed by atoms with Gasteiger partial charge in [-0.1, -0.05) is 0 Å². The summed E-state index contributed by atoms with van der Waals surface area (Å²) in [5.74, 6) is -1.06. The van der Waals surface area contributed by atoms with Crippen molar-refractivity contribution in [1.82, 2.24) is 19.9 Å². The summed E-state index contributed by atoms with van der Waals surface area (Å²) in [7, 11) is 1.40. The third kappa shape index (κ3) is 5.78. The Bertz CT molecular complexity index is 1600. The van der Waals surface area contributed by atoms with Gasteiger partial charge in [0.05, 0.1) is 64.7 Å². The predicted octanol–water partition coefficient (Wildman–Crippen LogP) is 2.96. The van der Waals surface area contributed by atoms with Crippen molar-refractivity contribution in [2.45, 2.75) is 25.6 Å². The molecule has 0 saturated carbocycles. The lowest BCUT2D eigenvalue weighted by atomic mass is 10.0. The second kappa shape index (κ2) is 10.8. The van der Waals surface area contributed by atoms with E-state index in [1.54, 1.807) is 40.9 Å². The number of amides is 2. The summed E-state index contributed by atoms with van der Waals surface area (Å²) in [6.07, 6.45) is 1.06. The molecule has 1 atom stereocenters. The minimum absolute atomic E-state index is 0.0974. The number of nitrogens with two attached hydrogens (primary N) is 1. The van der Waals surface area contributed by atoms with Crippen LogP contribution in [0.4, 0.5) is 15.8 Å². The number of nitrogens with one attached hydrogen (secondary N) is 2. The minimum atomic E-state index is -1.70. The number of nitriles is 1. The number of carbonyl (C=O) groups is 2. The lowest BCUT2D eigenvalue weighted by Gasteiger charge is -2.22. The SMILES string of the molecule is COc1cc(Nc2cc(-c3ccc4cc(C#N)cnn34)ncc2C(=O)NC[C@@H](F)C(C)(C)O)ccc1C(N)=O. The van der Waals surface area contributed by atoms with Gasteiger partial charge < -0.3 is 26.2 Å². The van der Waals surface area contributed by atoms with E-state index >= 15 is 0 Å². The first-order valence-corrected chi connectivity index (χ1v) is 11.8. The number of benzene rings is 1. The van der Waals surface area contributed by atoms with Gasteiger partial charge in [0.25, 0.3) is 11.8 Å². The molecule has 39 heavy (non-hydrogen) atoms. The summed E-state index contributed by atoms with van der Waals surface area (Å²) in [5.41, 5.74) is 6.96. The highest BCUT2D eigenvalue weighted by Gasteiger charge is 2.27. The summed E-state index contributed by atoms with van der Waals surface area (Å²) in [4.78, 5) is 29.2. The molecule has 12 heteroatoms. The Hall–Kier alpha value is -5.02. The van der Waals surface area contributed by atoms with Crippen molar-refractivity contribution in [3.8, 4) is 23.2 Å². The van der Waals surface area contributed by atoms with Gasteiger partial charge in [0.2, 0.25) is 0 Å². The average Bonchev–Trinajstić information content (AvgIpc) is 3.33. The van der Waals surface area contributed by atoms with Crippen molar-refractivity contribution in [2.75, 3.05) is 19.0 Å². The van der Waals surface area contributed by atoms with Gasteiger partial charge in [-0.25, -0.2) is 8.91 Å². The summed E-state index contributed by atoms with van der Waals surface area (Å²) >= 11 is 0. The zero-order valence-electron chi connectivity index (χ0n) is 21.4. The van der Waals surface area contributed by atoms with E-state index in [9.17, 15) is 19.1 Å². The van der Waals surface area contributed by atoms with Crippen LogP contribution in [0.25, 0.3) is 16.9 Å². The van der Waals surface area contributed by atoms with E-state index in [0.717, 1.165) is 0 Å². The number of hydrogen-bond donors (Lipinski definition) is 4. The highest BCUT2D eigenvalue weighted by Crippen LogP contribution is 2.30. The molecule has 0 unspecified atom stereocenters. The number of nitrogens with zero attached hydrogens (tertiary/aromatic N) is 4. The molecule has 2 amide bonds. The third-order valence-electron chi connectivity index (χ3n) is 5.99. The van der Waals surface area contributed by atoms with Gasteiger partial charge in [0.15, 0.2) is 0 Å². The molecule has 0 fully saturated rings. The van der Waals surface area contributed by atoms with Crippen molar-refractivity contribution < 1.29 is 23.8 Å². The molecule has 3 heterocycles. The van der Waals surface area contributed by atoms with Gasteiger partial charge >= 0.3 is 0 Å². The van der Waals surface area contributed by atoms with Crippen LogP contribution in [0.1, 0.15) is 40.1 Å². The fraction of sp³-hybridized carbons (Fsp3) is 0.222. The molecule has 4 rings (SSSR count). The Balaban J connectivity index is 1.75. The molecule has 0 spiro atoms. The van der Waals surface area contributed by atoms with Crippen LogP contribution in [-0.2, 0) is 0 Å². The molecule has 0 aliphatic heterocycles. The molecule has 3 aromatic heterocycles. The number of alkyl halides is 1. The number of halogens is 1. The van der Waals surface area contributed by atoms with E-state index in [-0.39, 0.29) is 16.9 Å². The van der Waals surface area contributed by atoms with Crippen LogP contribution in [0.5, 0.6) is 5.75 Å². The number of aliphatic hydroxyl groups is 1. The summed E-state index contributed by atoms with van der Waals surface area (Å²) < 4.78 is 21.2. The van der Waals surface area contributed by atoms with Gasteiger partial charge in [0, 0.05) is 18.0 Å². The maximum Gasteiger partial charge on any atom is 0.255 e. The van der Waals surface area contributed by atoms with Crippen LogP contribution >= 0.6 is 0 Å². The van der Waals surface area contributed by atoms with Crippen molar-refractivity contribution in [3.05, 3.63) is 71.5 Å². The lowest BCUT2D eigenvalue weighted by molar-refractivity contribution is -0.00177. The van der Waals surface area contributed by atoms with Crippen molar-refractivity contribution in [3.63, 3.8) is 0 Å². The third-order valence-corrected chi connectivity index (χ3v) is 5.99. The number of carbonyl (C=O) groups excluding carboxylic acids is 2. The molecule has 0 aliphatic carbocycles. The number of methoxy groups -OCH3 is 1. The topological polar surface area (TPSA) is 168 Å². The summed E-state index contributed by atoms with van der Waals surface area (Å²) in [6, 6.07) is 13.5. The Morgan fingerprint density at radius 3 is 2.64 bits per heavy atom. The second-order valence-electron chi connectivity index (χ2n) is 9.26. The van der Waals surface area contributed by atoms with E-state index in [0.29, 0.717) is 33.8 Å². The zero-order chi connectivity index (χ0) is 28.3. The molecule has 11 nitrogen and oxygen atoms in total. The molecule has 0 radical (unpaired) electrons. The standard InChI is InChI=1S/C27H26FN7O4/c1-27(2,38)24(28)14-32-26(37)19-13-31-21(22-7-5-17-8-15(11-29)12-33-35(17)22)10-20(19)34-16-4-6-18(25(30)36)23(9-16)39-3/h4-10,12-13,24,38H,14H2,1-3H3,(H2,30,36)(H,31,34)(H,32,37)/t24-/m1/s1. The van der Waals surface area contributed by atoms with Gasteiger partial charge in [-0.3, -0.25) is 14.6 Å². The van der Waals surface area contributed by atoms with E-state index in [4.69, 9.17) is 15.7 Å². The first-order valence-electron chi connectivity index (χ1n) is 11.8. The van der Waals surface area contributed by atoms with E-state index in [1.807, 2.05) is 6.07 Å². The normalized spacial score (nSPS) is 12.0.